The first-order valence-electron chi connectivity index (χ1n) is 7.98. The molecule has 24 heavy (non-hydrogen) atoms. The van der Waals surface area contributed by atoms with Crippen molar-refractivity contribution in [2.75, 3.05) is 5.32 Å². The van der Waals surface area contributed by atoms with Crippen molar-refractivity contribution in [3.05, 3.63) is 46.6 Å². The molecule has 0 fully saturated rings. The molecule has 1 unspecified atom stereocenters. The summed E-state index contributed by atoms with van der Waals surface area (Å²) in [6, 6.07) is 6.89. The summed E-state index contributed by atoms with van der Waals surface area (Å²) in [4.78, 5) is 22.6. The van der Waals surface area contributed by atoms with E-state index in [1.54, 1.807) is 35.9 Å². The van der Waals surface area contributed by atoms with E-state index >= 15 is 0 Å². The number of anilines is 2. The average molecular weight is 339 g/mol. The van der Waals surface area contributed by atoms with Gasteiger partial charge in [0.2, 0.25) is 0 Å². The Hall–Kier alpha value is -2.47. The van der Waals surface area contributed by atoms with Gasteiger partial charge >= 0.3 is 5.97 Å². The number of nitrogens with zero attached hydrogens (tertiary/aromatic N) is 2. The second-order valence-electron chi connectivity index (χ2n) is 6.23. The van der Waals surface area contributed by atoms with Gasteiger partial charge in [0.05, 0.1) is 16.6 Å². The molecule has 1 aliphatic carbocycles. The minimum absolute atomic E-state index is 0.238. The molecule has 1 atom stereocenters. The van der Waals surface area contributed by atoms with Crippen molar-refractivity contribution in [1.82, 2.24) is 9.97 Å². The normalized spacial score (nSPS) is 16.8. The molecule has 1 aromatic carbocycles. The molecule has 2 heterocycles. The zero-order valence-corrected chi connectivity index (χ0v) is 14.1. The first kappa shape index (κ1) is 15.1. The number of nitrogens with one attached hydrogen (secondary N) is 1. The van der Waals surface area contributed by atoms with Crippen LogP contribution in [-0.2, 0) is 12.8 Å². The lowest BCUT2D eigenvalue weighted by molar-refractivity contribution is 0.0698. The molecule has 0 bridgehead atoms. The molecule has 1 aliphatic rings. The summed E-state index contributed by atoms with van der Waals surface area (Å²) in [6.07, 6.45) is 4.82. The number of carboxylic acid groups (broad SMARTS) is 1. The molecule has 4 rings (SSSR count). The lowest BCUT2D eigenvalue weighted by atomic mass is 9.89. The largest absolute Gasteiger partial charge is 0.478 e. The average Bonchev–Trinajstić information content (AvgIpc) is 2.93. The molecular formula is C18H17N3O2S. The number of para-hydroxylation sites is 1. The molecule has 2 N–H and O–H groups in total. The van der Waals surface area contributed by atoms with Crippen LogP contribution in [0, 0.1) is 5.92 Å². The molecule has 2 aromatic heterocycles. The van der Waals surface area contributed by atoms with Gasteiger partial charge in [-0.15, -0.1) is 11.3 Å². The van der Waals surface area contributed by atoms with E-state index in [4.69, 9.17) is 0 Å². The van der Waals surface area contributed by atoms with Gasteiger partial charge in [-0.1, -0.05) is 19.1 Å². The fraction of sp³-hybridized carbons (Fsp3) is 0.278. The Morgan fingerprint density at radius 3 is 3.00 bits per heavy atom. The standard InChI is InChI=1S/C18H17N3O2S/c1-10-6-7-12-14(8-10)24-17-15(12)16(19-9-20-17)21-13-5-3-2-4-11(13)18(22)23/h2-5,9-10H,6-8H2,1H3,(H,22,23)(H,19,20,21). The predicted molar refractivity (Wildman–Crippen MR) is 95.3 cm³/mol. The van der Waals surface area contributed by atoms with E-state index in [-0.39, 0.29) is 5.56 Å². The van der Waals surface area contributed by atoms with Crippen LogP contribution < -0.4 is 5.32 Å². The van der Waals surface area contributed by atoms with Crippen molar-refractivity contribution in [2.45, 2.75) is 26.2 Å². The third-order valence-electron chi connectivity index (χ3n) is 4.50. The van der Waals surface area contributed by atoms with E-state index in [1.807, 2.05) is 6.07 Å². The molecule has 0 saturated heterocycles. The van der Waals surface area contributed by atoms with E-state index in [1.165, 1.54) is 16.9 Å². The summed E-state index contributed by atoms with van der Waals surface area (Å²) in [5.41, 5.74) is 2.11. The number of benzene rings is 1. The van der Waals surface area contributed by atoms with Crippen molar-refractivity contribution < 1.29 is 9.90 Å². The Bertz CT molecular complexity index is 935. The second-order valence-corrected chi connectivity index (χ2v) is 7.31. The van der Waals surface area contributed by atoms with Gasteiger partial charge in [-0.3, -0.25) is 0 Å². The van der Waals surface area contributed by atoms with E-state index in [2.05, 4.69) is 22.2 Å². The number of hydrogen-bond acceptors (Lipinski definition) is 5. The van der Waals surface area contributed by atoms with Crippen molar-refractivity contribution in [1.29, 1.82) is 0 Å². The summed E-state index contributed by atoms with van der Waals surface area (Å²) in [7, 11) is 0. The summed E-state index contributed by atoms with van der Waals surface area (Å²) in [5, 5.41) is 13.6. The minimum Gasteiger partial charge on any atom is -0.478 e. The lowest BCUT2D eigenvalue weighted by Gasteiger charge is -2.18. The van der Waals surface area contributed by atoms with E-state index in [0.717, 1.165) is 23.1 Å². The number of fused-ring (bicyclic) bond motifs is 3. The first-order valence-corrected chi connectivity index (χ1v) is 8.79. The minimum atomic E-state index is -0.954. The van der Waals surface area contributed by atoms with E-state index in [9.17, 15) is 9.90 Å². The third-order valence-corrected chi connectivity index (χ3v) is 5.66. The van der Waals surface area contributed by atoms with Crippen LogP contribution in [0.2, 0.25) is 0 Å². The molecule has 122 valence electrons. The fourth-order valence-corrected chi connectivity index (χ4v) is 4.63. The maximum absolute atomic E-state index is 11.4. The van der Waals surface area contributed by atoms with Gasteiger partial charge in [0, 0.05) is 4.88 Å². The predicted octanol–water partition coefficient (Wildman–Crippen LogP) is 4.26. The van der Waals surface area contributed by atoms with Crippen molar-refractivity contribution in [3.8, 4) is 0 Å². The lowest BCUT2D eigenvalue weighted by Crippen LogP contribution is -2.09. The molecule has 0 saturated carbocycles. The monoisotopic (exact) mass is 339 g/mol. The molecule has 0 spiro atoms. The van der Waals surface area contributed by atoms with Crippen molar-refractivity contribution in [2.24, 2.45) is 5.92 Å². The quantitative estimate of drug-likeness (QED) is 0.746. The van der Waals surface area contributed by atoms with Crippen LogP contribution in [0.15, 0.2) is 30.6 Å². The number of hydrogen-bond donors (Lipinski definition) is 2. The molecular weight excluding hydrogens is 322 g/mol. The molecule has 0 aliphatic heterocycles. The van der Waals surface area contributed by atoms with Crippen LogP contribution in [0.1, 0.15) is 34.1 Å². The fourth-order valence-electron chi connectivity index (χ4n) is 3.28. The molecule has 3 aromatic rings. The maximum atomic E-state index is 11.4. The Balaban J connectivity index is 1.82. The van der Waals surface area contributed by atoms with Crippen LogP contribution in [0.4, 0.5) is 11.5 Å². The van der Waals surface area contributed by atoms with Gasteiger partial charge in [-0.05, 0) is 42.9 Å². The van der Waals surface area contributed by atoms with Crippen LogP contribution in [0.3, 0.4) is 0 Å². The van der Waals surface area contributed by atoms with Gasteiger partial charge in [-0.25, -0.2) is 14.8 Å². The van der Waals surface area contributed by atoms with Crippen molar-refractivity contribution in [3.63, 3.8) is 0 Å². The third kappa shape index (κ3) is 2.53. The Morgan fingerprint density at radius 1 is 1.33 bits per heavy atom. The number of carboxylic acids is 1. The summed E-state index contributed by atoms with van der Waals surface area (Å²) < 4.78 is 0. The maximum Gasteiger partial charge on any atom is 0.337 e. The zero-order chi connectivity index (χ0) is 16.7. The van der Waals surface area contributed by atoms with Crippen LogP contribution in [0.5, 0.6) is 0 Å². The number of carbonyl (C=O) groups is 1. The molecule has 6 heteroatoms. The second kappa shape index (κ2) is 5.87. The number of aromatic carboxylic acids is 1. The SMILES string of the molecule is CC1CCc2c(sc3ncnc(Nc4ccccc4C(=O)O)c23)C1. The molecule has 0 amide bonds. The topological polar surface area (TPSA) is 75.1 Å². The molecule has 0 radical (unpaired) electrons. The van der Waals surface area contributed by atoms with Gasteiger partial charge < -0.3 is 10.4 Å². The highest BCUT2D eigenvalue weighted by molar-refractivity contribution is 7.19. The highest BCUT2D eigenvalue weighted by atomic mass is 32.1. The van der Waals surface area contributed by atoms with Gasteiger partial charge in [-0.2, -0.15) is 0 Å². The Morgan fingerprint density at radius 2 is 2.17 bits per heavy atom. The molecule has 5 nitrogen and oxygen atoms in total. The summed E-state index contributed by atoms with van der Waals surface area (Å²) >= 11 is 1.73. The number of thiophene rings is 1. The van der Waals surface area contributed by atoms with E-state index < -0.39 is 5.97 Å². The van der Waals surface area contributed by atoms with Gasteiger partial charge in [0.15, 0.2) is 0 Å². The first-order chi connectivity index (χ1) is 11.6. The smallest absolute Gasteiger partial charge is 0.337 e. The number of rotatable bonds is 3. The van der Waals surface area contributed by atoms with Crippen LogP contribution in [0.25, 0.3) is 10.2 Å². The Kier molecular flexibility index (Phi) is 3.69. The number of aromatic nitrogens is 2. The van der Waals surface area contributed by atoms with Crippen molar-refractivity contribution >= 4 is 39.0 Å². The summed E-state index contributed by atoms with van der Waals surface area (Å²) in [5.74, 6) is 0.438. The van der Waals surface area contributed by atoms with Crippen LogP contribution in [-0.4, -0.2) is 21.0 Å². The van der Waals surface area contributed by atoms with E-state index in [0.29, 0.717) is 17.4 Å². The number of aryl methyl sites for hydroxylation is 1. The highest BCUT2D eigenvalue weighted by Gasteiger charge is 2.23. The highest BCUT2D eigenvalue weighted by Crippen LogP contribution is 2.40. The van der Waals surface area contributed by atoms with Gasteiger partial charge in [0.25, 0.3) is 0 Å². The summed E-state index contributed by atoms with van der Waals surface area (Å²) in [6.45, 7) is 2.28. The zero-order valence-electron chi connectivity index (χ0n) is 13.2. The van der Waals surface area contributed by atoms with Crippen LogP contribution >= 0.6 is 11.3 Å². The van der Waals surface area contributed by atoms with Gasteiger partial charge in [0.1, 0.15) is 17.0 Å². The Labute approximate surface area is 143 Å².